The number of benzene rings is 1. The lowest BCUT2D eigenvalue weighted by Gasteiger charge is -2.34. The standard InChI is InChI=1S/C26H30N4O6/c1-15(2)20-12-22(36-28-20)26(34)29-10-4-3-5-17(29)14-35-18-6-7-19-16(11-18)13-30(25(19)33)21-8-9-23(31)27-24(21)32/h6-7,11-12,15,17,21H,3-5,8-10,13-14H2,1-2H3,(H,27,31,32)/t17-,21?/m0/s1. The molecule has 5 rings (SSSR count). The second-order valence-corrected chi connectivity index (χ2v) is 9.95. The van der Waals surface area contributed by atoms with Crippen molar-refractivity contribution in [1.29, 1.82) is 0 Å². The molecule has 0 radical (unpaired) electrons. The molecule has 0 spiro atoms. The highest BCUT2D eigenvalue weighted by atomic mass is 16.5. The fourth-order valence-electron chi connectivity index (χ4n) is 5.08. The van der Waals surface area contributed by atoms with E-state index in [4.69, 9.17) is 9.26 Å². The van der Waals surface area contributed by atoms with E-state index in [0.717, 1.165) is 30.5 Å². The van der Waals surface area contributed by atoms with Crippen LogP contribution in [0.2, 0.25) is 0 Å². The van der Waals surface area contributed by atoms with E-state index in [2.05, 4.69) is 10.5 Å². The summed E-state index contributed by atoms with van der Waals surface area (Å²) in [6, 6.07) is 6.23. The van der Waals surface area contributed by atoms with Crippen molar-refractivity contribution in [3.05, 3.63) is 46.8 Å². The van der Waals surface area contributed by atoms with Gasteiger partial charge in [0.15, 0.2) is 0 Å². The number of likely N-dealkylation sites (tertiary alicyclic amines) is 1. The number of piperidine rings is 2. The number of rotatable bonds is 6. The minimum Gasteiger partial charge on any atom is -0.491 e. The van der Waals surface area contributed by atoms with Crippen LogP contribution in [0.25, 0.3) is 0 Å². The SMILES string of the molecule is CC(C)c1cc(C(=O)N2CCCC[C@H]2COc2ccc3c(c2)CN(C2CCC(=O)NC2=O)C3=O)on1. The number of ether oxygens (including phenoxy) is 1. The molecule has 1 aromatic carbocycles. The van der Waals surface area contributed by atoms with E-state index >= 15 is 0 Å². The number of carbonyl (C=O) groups is 4. The van der Waals surface area contributed by atoms with Crippen LogP contribution in [0.3, 0.4) is 0 Å². The molecule has 3 aliphatic rings. The monoisotopic (exact) mass is 494 g/mol. The van der Waals surface area contributed by atoms with Gasteiger partial charge in [0.25, 0.3) is 11.8 Å². The summed E-state index contributed by atoms with van der Waals surface area (Å²) in [6.45, 7) is 5.23. The molecule has 0 bridgehead atoms. The van der Waals surface area contributed by atoms with Crippen molar-refractivity contribution in [3.63, 3.8) is 0 Å². The average Bonchev–Trinajstić information content (AvgIpc) is 3.48. The van der Waals surface area contributed by atoms with Crippen molar-refractivity contribution >= 4 is 23.6 Å². The van der Waals surface area contributed by atoms with Crippen LogP contribution in [0.5, 0.6) is 5.75 Å². The minimum atomic E-state index is -0.652. The lowest BCUT2D eigenvalue weighted by atomic mass is 10.0. The minimum absolute atomic E-state index is 0.103. The predicted molar refractivity (Wildman–Crippen MR) is 127 cm³/mol. The van der Waals surface area contributed by atoms with Gasteiger partial charge in [-0.1, -0.05) is 19.0 Å². The number of nitrogens with one attached hydrogen (secondary N) is 1. The molecule has 190 valence electrons. The molecule has 1 N–H and O–H groups in total. The number of imide groups is 1. The Morgan fingerprint density at radius 2 is 2.03 bits per heavy atom. The largest absolute Gasteiger partial charge is 0.491 e. The third kappa shape index (κ3) is 4.59. The molecular weight excluding hydrogens is 464 g/mol. The zero-order chi connectivity index (χ0) is 25.4. The summed E-state index contributed by atoms with van der Waals surface area (Å²) in [5.74, 6) is -0.117. The summed E-state index contributed by atoms with van der Waals surface area (Å²) < 4.78 is 11.4. The summed E-state index contributed by atoms with van der Waals surface area (Å²) in [5, 5.41) is 6.33. The van der Waals surface area contributed by atoms with Crippen LogP contribution in [0.1, 0.15) is 84.0 Å². The number of fused-ring (bicyclic) bond motifs is 1. The second-order valence-electron chi connectivity index (χ2n) is 9.95. The highest BCUT2D eigenvalue weighted by molar-refractivity contribution is 6.05. The van der Waals surface area contributed by atoms with Crippen LogP contribution < -0.4 is 10.1 Å². The molecule has 0 aliphatic carbocycles. The van der Waals surface area contributed by atoms with E-state index < -0.39 is 11.9 Å². The predicted octanol–water partition coefficient (Wildman–Crippen LogP) is 2.63. The fraction of sp³-hybridized carbons (Fsp3) is 0.500. The number of carbonyl (C=O) groups excluding carboxylic acids is 4. The molecule has 1 unspecified atom stereocenters. The highest BCUT2D eigenvalue weighted by Crippen LogP contribution is 2.31. The normalized spacial score (nSPS) is 22.1. The molecular formula is C26H30N4O6. The van der Waals surface area contributed by atoms with E-state index in [-0.39, 0.29) is 48.4 Å². The van der Waals surface area contributed by atoms with E-state index in [1.165, 1.54) is 4.90 Å². The van der Waals surface area contributed by atoms with Gasteiger partial charge in [0.1, 0.15) is 18.4 Å². The van der Waals surface area contributed by atoms with Crippen molar-refractivity contribution in [2.24, 2.45) is 0 Å². The Labute approximate surface area is 208 Å². The van der Waals surface area contributed by atoms with E-state index in [1.807, 2.05) is 19.9 Å². The van der Waals surface area contributed by atoms with Crippen LogP contribution in [-0.4, -0.2) is 63.8 Å². The average molecular weight is 495 g/mol. The number of amides is 4. The topological polar surface area (TPSA) is 122 Å². The molecule has 10 heteroatoms. The molecule has 2 saturated heterocycles. The van der Waals surface area contributed by atoms with E-state index in [1.54, 1.807) is 23.1 Å². The van der Waals surface area contributed by atoms with E-state index in [9.17, 15) is 19.2 Å². The van der Waals surface area contributed by atoms with Crippen LogP contribution in [0, 0.1) is 0 Å². The fourth-order valence-corrected chi connectivity index (χ4v) is 5.08. The molecule has 36 heavy (non-hydrogen) atoms. The van der Waals surface area contributed by atoms with E-state index in [0.29, 0.717) is 30.9 Å². The van der Waals surface area contributed by atoms with Gasteiger partial charge in [0.05, 0.1) is 11.7 Å². The summed E-state index contributed by atoms with van der Waals surface area (Å²) in [6.07, 6.45) is 3.29. The quantitative estimate of drug-likeness (QED) is 0.613. The Morgan fingerprint density at radius 3 is 2.78 bits per heavy atom. The third-order valence-electron chi connectivity index (χ3n) is 7.16. The van der Waals surface area contributed by atoms with Crippen LogP contribution >= 0.6 is 0 Å². The Balaban J connectivity index is 1.24. The molecule has 2 fully saturated rings. The maximum atomic E-state index is 13.1. The molecule has 1 aromatic heterocycles. The zero-order valence-corrected chi connectivity index (χ0v) is 20.5. The number of hydrogen-bond acceptors (Lipinski definition) is 7. The molecule has 4 heterocycles. The lowest BCUT2D eigenvalue weighted by molar-refractivity contribution is -0.136. The Hall–Kier alpha value is -3.69. The van der Waals surface area contributed by atoms with Crippen molar-refractivity contribution in [2.75, 3.05) is 13.2 Å². The molecule has 2 atom stereocenters. The Kier molecular flexibility index (Phi) is 6.51. The zero-order valence-electron chi connectivity index (χ0n) is 20.5. The molecule has 2 aromatic rings. The van der Waals surface area contributed by atoms with Gasteiger partial charge in [-0.3, -0.25) is 24.5 Å². The first-order valence-corrected chi connectivity index (χ1v) is 12.5. The maximum Gasteiger partial charge on any atom is 0.292 e. The lowest BCUT2D eigenvalue weighted by Crippen LogP contribution is -2.52. The smallest absolute Gasteiger partial charge is 0.292 e. The van der Waals surface area contributed by atoms with Crippen molar-refractivity contribution < 1.29 is 28.4 Å². The highest BCUT2D eigenvalue weighted by Gasteiger charge is 2.39. The van der Waals surface area contributed by atoms with Crippen LogP contribution in [-0.2, 0) is 16.1 Å². The van der Waals surface area contributed by atoms with Gasteiger partial charge in [-0.15, -0.1) is 0 Å². The summed E-state index contributed by atoms with van der Waals surface area (Å²) in [7, 11) is 0. The van der Waals surface area contributed by atoms with Gasteiger partial charge in [-0.05, 0) is 55.4 Å². The first-order chi connectivity index (χ1) is 17.3. The summed E-state index contributed by atoms with van der Waals surface area (Å²) >= 11 is 0. The van der Waals surface area contributed by atoms with Gasteiger partial charge in [-0.25, -0.2) is 0 Å². The summed E-state index contributed by atoms with van der Waals surface area (Å²) in [5.41, 5.74) is 2.07. The van der Waals surface area contributed by atoms with Crippen LogP contribution in [0.4, 0.5) is 0 Å². The molecule has 10 nitrogen and oxygen atoms in total. The van der Waals surface area contributed by atoms with Crippen molar-refractivity contribution in [2.45, 2.75) is 70.5 Å². The van der Waals surface area contributed by atoms with Gasteiger partial charge >= 0.3 is 0 Å². The van der Waals surface area contributed by atoms with Crippen molar-refractivity contribution in [1.82, 2.24) is 20.3 Å². The Bertz CT molecular complexity index is 1200. The Morgan fingerprint density at radius 1 is 1.19 bits per heavy atom. The van der Waals surface area contributed by atoms with Crippen molar-refractivity contribution in [3.8, 4) is 5.75 Å². The van der Waals surface area contributed by atoms with Crippen LogP contribution in [0.15, 0.2) is 28.8 Å². The third-order valence-corrected chi connectivity index (χ3v) is 7.16. The number of hydrogen-bond donors (Lipinski definition) is 1. The van der Waals surface area contributed by atoms with Gasteiger partial charge < -0.3 is 19.1 Å². The van der Waals surface area contributed by atoms with Gasteiger partial charge in [0.2, 0.25) is 17.6 Å². The van der Waals surface area contributed by atoms with Gasteiger partial charge in [0, 0.05) is 31.1 Å². The first-order valence-electron chi connectivity index (χ1n) is 12.5. The summed E-state index contributed by atoms with van der Waals surface area (Å²) in [4.78, 5) is 53.1. The number of nitrogens with zero attached hydrogens (tertiary/aromatic N) is 3. The molecule has 3 aliphatic heterocycles. The first kappa shape index (κ1) is 24.0. The maximum absolute atomic E-state index is 13.1. The second kappa shape index (κ2) is 9.75. The number of aromatic nitrogens is 1. The van der Waals surface area contributed by atoms with Gasteiger partial charge in [-0.2, -0.15) is 0 Å². The molecule has 0 saturated carbocycles. The molecule has 4 amide bonds.